The first kappa shape index (κ1) is 11.4. The Hall–Kier alpha value is -0.670. The summed E-state index contributed by atoms with van der Waals surface area (Å²) in [6, 6.07) is 7.73. The molecule has 3 heteroatoms. The van der Waals surface area contributed by atoms with Gasteiger partial charge in [-0.1, -0.05) is 19.1 Å². The topological polar surface area (TPSA) is 46.2 Å². The highest BCUT2D eigenvalue weighted by Crippen LogP contribution is 2.28. The summed E-state index contributed by atoms with van der Waals surface area (Å²) in [5, 5.41) is 9.81. The van der Waals surface area contributed by atoms with Gasteiger partial charge < -0.3 is 10.8 Å². The average molecular weight is 211 g/mol. The van der Waals surface area contributed by atoms with Gasteiger partial charge in [0.05, 0.1) is 5.60 Å². The highest BCUT2D eigenvalue weighted by molar-refractivity contribution is 7.99. The van der Waals surface area contributed by atoms with Gasteiger partial charge in [0.2, 0.25) is 0 Å². The maximum absolute atomic E-state index is 9.81. The van der Waals surface area contributed by atoms with Crippen LogP contribution in [0.4, 0.5) is 5.69 Å². The third-order valence-electron chi connectivity index (χ3n) is 2.22. The monoisotopic (exact) mass is 211 g/mol. The first-order chi connectivity index (χ1) is 6.55. The summed E-state index contributed by atoms with van der Waals surface area (Å²) >= 11 is 1.60. The summed E-state index contributed by atoms with van der Waals surface area (Å²) in [5.74, 6) is 0.678. The predicted molar refractivity (Wildman–Crippen MR) is 62.5 cm³/mol. The van der Waals surface area contributed by atoms with E-state index in [9.17, 15) is 5.11 Å². The number of rotatable bonds is 4. The molecule has 0 saturated heterocycles. The van der Waals surface area contributed by atoms with Crippen molar-refractivity contribution < 1.29 is 5.11 Å². The Morgan fingerprint density at radius 2 is 2.07 bits per heavy atom. The molecule has 0 aromatic heterocycles. The second-order valence-corrected chi connectivity index (χ2v) is 4.69. The van der Waals surface area contributed by atoms with Crippen LogP contribution in [0.1, 0.15) is 20.3 Å². The molecule has 0 radical (unpaired) electrons. The van der Waals surface area contributed by atoms with Crippen molar-refractivity contribution in [3.8, 4) is 0 Å². The molecule has 78 valence electrons. The Labute approximate surface area is 89.5 Å². The van der Waals surface area contributed by atoms with Crippen LogP contribution in [0, 0.1) is 0 Å². The van der Waals surface area contributed by atoms with E-state index < -0.39 is 5.60 Å². The van der Waals surface area contributed by atoms with E-state index in [2.05, 4.69) is 0 Å². The first-order valence-corrected chi connectivity index (χ1v) is 5.73. The van der Waals surface area contributed by atoms with E-state index in [0.717, 1.165) is 17.0 Å². The van der Waals surface area contributed by atoms with Crippen molar-refractivity contribution in [2.75, 3.05) is 11.5 Å². The lowest BCUT2D eigenvalue weighted by Crippen LogP contribution is -2.25. The molecule has 0 spiro atoms. The molecule has 1 aromatic carbocycles. The van der Waals surface area contributed by atoms with Crippen LogP contribution in [0.2, 0.25) is 0 Å². The fourth-order valence-corrected chi connectivity index (χ4v) is 2.03. The fraction of sp³-hybridized carbons (Fsp3) is 0.455. The maximum Gasteiger partial charge on any atom is 0.0710 e. The smallest absolute Gasteiger partial charge is 0.0710 e. The number of thioether (sulfide) groups is 1. The summed E-state index contributed by atoms with van der Waals surface area (Å²) in [6.45, 7) is 3.83. The Kier molecular flexibility index (Phi) is 3.84. The molecule has 0 amide bonds. The Balaban J connectivity index is 2.58. The molecule has 1 atom stereocenters. The molecule has 0 bridgehead atoms. The standard InChI is InChI=1S/C11H17NOS/c1-3-11(2,13)8-14-10-7-5-4-6-9(10)12/h4-7,13H,3,8,12H2,1-2H3. The Morgan fingerprint density at radius 1 is 1.43 bits per heavy atom. The largest absolute Gasteiger partial charge is 0.398 e. The van der Waals surface area contributed by atoms with Crippen LogP contribution in [-0.4, -0.2) is 16.5 Å². The molecule has 0 aliphatic carbocycles. The molecular weight excluding hydrogens is 194 g/mol. The average Bonchev–Trinajstić information content (AvgIpc) is 2.17. The van der Waals surface area contributed by atoms with Gasteiger partial charge in [-0.25, -0.2) is 0 Å². The van der Waals surface area contributed by atoms with Crippen molar-refractivity contribution in [1.29, 1.82) is 0 Å². The lowest BCUT2D eigenvalue weighted by Gasteiger charge is -2.20. The van der Waals surface area contributed by atoms with Crippen LogP contribution in [0.15, 0.2) is 29.2 Å². The quantitative estimate of drug-likeness (QED) is 0.594. The number of nitrogen functional groups attached to an aromatic ring is 1. The van der Waals surface area contributed by atoms with Gasteiger partial charge in [0, 0.05) is 16.3 Å². The summed E-state index contributed by atoms with van der Waals surface area (Å²) in [5.41, 5.74) is 5.97. The van der Waals surface area contributed by atoms with Crippen LogP contribution >= 0.6 is 11.8 Å². The zero-order valence-electron chi connectivity index (χ0n) is 8.66. The number of para-hydroxylation sites is 1. The molecule has 0 aliphatic rings. The summed E-state index contributed by atoms with van der Waals surface area (Å²) < 4.78 is 0. The minimum Gasteiger partial charge on any atom is -0.398 e. The maximum atomic E-state index is 9.81. The van der Waals surface area contributed by atoms with Gasteiger partial charge in [-0.3, -0.25) is 0 Å². The van der Waals surface area contributed by atoms with Crippen LogP contribution < -0.4 is 5.73 Å². The van der Waals surface area contributed by atoms with Crippen LogP contribution in [-0.2, 0) is 0 Å². The number of aliphatic hydroxyl groups is 1. The minimum absolute atomic E-state index is 0.604. The molecule has 0 heterocycles. The van der Waals surface area contributed by atoms with Crippen LogP contribution in [0.5, 0.6) is 0 Å². The number of nitrogens with two attached hydrogens (primary N) is 1. The SMILES string of the molecule is CCC(C)(O)CSc1ccccc1N. The minimum atomic E-state index is -0.604. The summed E-state index contributed by atoms with van der Waals surface area (Å²) in [7, 11) is 0. The molecule has 1 rings (SSSR count). The predicted octanol–water partition coefficient (Wildman–Crippen LogP) is 2.52. The van der Waals surface area contributed by atoms with Gasteiger partial charge in [-0.15, -0.1) is 11.8 Å². The molecule has 3 N–H and O–H groups in total. The van der Waals surface area contributed by atoms with E-state index in [1.54, 1.807) is 11.8 Å². The van der Waals surface area contributed by atoms with Crippen molar-refractivity contribution in [3.63, 3.8) is 0 Å². The molecule has 0 fully saturated rings. The normalized spacial score (nSPS) is 15.1. The molecule has 1 unspecified atom stereocenters. The third-order valence-corrected chi connectivity index (χ3v) is 3.67. The van der Waals surface area contributed by atoms with Crippen LogP contribution in [0.3, 0.4) is 0 Å². The Bertz CT molecular complexity index is 299. The Morgan fingerprint density at radius 3 is 2.64 bits per heavy atom. The van der Waals surface area contributed by atoms with E-state index in [1.807, 2.05) is 38.1 Å². The summed E-state index contributed by atoms with van der Waals surface area (Å²) in [4.78, 5) is 1.04. The van der Waals surface area contributed by atoms with Crippen molar-refractivity contribution in [1.82, 2.24) is 0 Å². The van der Waals surface area contributed by atoms with Gasteiger partial charge >= 0.3 is 0 Å². The zero-order valence-corrected chi connectivity index (χ0v) is 9.47. The molecule has 0 saturated carbocycles. The highest BCUT2D eigenvalue weighted by Gasteiger charge is 2.17. The second-order valence-electron chi connectivity index (χ2n) is 3.68. The van der Waals surface area contributed by atoms with Gasteiger partial charge in [-0.05, 0) is 25.5 Å². The van der Waals surface area contributed by atoms with Crippen LogP contribution in [0.25, 0.3) is 0 Å². The van der Waals surface area contributed by atoms with E-state index in [1.165, 1.54) is 0 Å². The number of anilines is 1. The molecule has 1 aromatic rings. The second kappa shape index (κ2) is 4.71. The van der Waals surface area contributed by atoms with Crippen molar-refractivity contribution in [3.05, 3.63) is 24.3 Å². The zero-order chi connectivity index (χ0) is 10.6. The highest BCUT2D eigenvalue weighted by atomic mass is 32.2. The van der Waals surface area contributed by atoms with E-state index in [0.29, 0.717) is 5.75 Å². The molecule has 2 nitrogen and oxygen atoms in total. The van der Waals surface area contributed by atoms with Crippen molar-refractivity contribution in [2.24, 2.45) is 0 Å². The molecule has 14 heavy (non-hydrogen) atoms. The third kappa shape index (κ3) is 3.24. The fourth-order valence-electron chi connectivity index (χ4n) is 0.947. The van der Waals surface area contributed by atoms with E-state index >= 15 is 0 Å². The van der Waals surface area contributed by atoms with Crippen molar-refractivity contribution >= 4 is 17.4 Å². The molecule has 0 aliphatic heterocycles. The van der Waals surface area contributed by atoms with E-state index in [-0.39, 0.29) is 0 Å². The van der Waals surface area contributed by atoms with Gasteiger partial charge in [-0.2, -0.15) is 0 Å². The lowest BCUT2D eigenvalue weighted by molar-refractivity contribution is 0.0816. The number of hydrogen-bond acceptors (Lipinski definition) is 3. The lowest BCUT2D eigenvalue weighted by atomic mass is 10.1. The van der Waals surface area contributed by atoms with Gasteiger partial charge in [0.1, 0.15) is 0 Å². The van der Waals surface area contributed by atoms with E-state index in [4.69, 9.17) is 5.73 Å². The van der Waals surface area contributed by atoms with Gasteiger partial charge in [0.25, 0.3) is 0 Å². The molecular formula is C11H17NOS. The first-order valence-electron chi connectivity index (χ1n) is 4.75. The summed E-state index contributed by atoms with van der Waals surface area (Å²) in [6.07, 6.45) is 0.757. The van der Waals surface area contributed by atoms with Crippen molar-refractivity contribution in [2.45, 2.75) is 30.8 Å². The van der Waals surface area contributed by atoms with Gasteiger partial charge in [0.15, 0.2) is 0 Å². The number of benzene rings is 1. The number of hydrogen-bond donors (Lipinski definition) is 2.